The van der Waals surface area contributed by atoms with Gasteiger partial charge in [-0.2, -0.15) is 0 Å². The van der Waals surface area contributed by atoms with Crippen molar-refractivity contribution in [2.24, 2.45) is 9.98 Å². The fourth-order valence-corrected chi connectivity index (χ4v) is 8.65. The lowest BCUT2D eigenvalue weighted by Gasteiger charge is -2.17. The number of para-hydroxylation sites is 1. The molecule has 0 aliphatic carbocycles. The molecule has 4 heteroatoms. The Morgan fingerprint density at radius 1 is 0.592 bits per heavy atom. The van der Waals surface area contributed by atoms with Crippen molar-refractivity contribution >= 4 is 82.2 Å². The van der Waals surface area contributed by atoms with Crippen LogP contribution in [0.15, 0.2) is 174 Å². The Balaban J connectivity index is 1.46. The Kier molecular flexibility index (Phi) is 7.22. The molecule has 0 aliphatic rings. The Labute approximate surface area is 288 Å². The molecule has 0 saturated heterocycles. The molecular weight excluding hydrogens is 615 g/mol. The van der Waals surface area contributed by atoms with Crippen LogP contribution in [0.1, 0.15) is 11.1 Å². The Morgan fingerprint density at radius 2 is 1.22 bits per heavy atom. The summed E-state index contributed by atoms with van der Waals surface area (Å²) in [6, 6.07) is 55.9. The summed E-state index contributed by atoms with van der Waals surface area (Å²) in [7, 11) is 0. The molecule has 0 spiro atoms. The molecule has 3 nitrogen and oxygen atoms in total. The van der Waals surface area contributed by atoms with Crippen LogP contribution in [0.25, 0.3) is 69.6 Å². The standard InChI is InChI=1S/C45H31N3S/c1-46-29-39(42(32-20-9-4-10-21-32)47-28-30-16-5-2-6-17-30)48-38-27-14-13-24-36(38)40-34-22-11-12-23-35(34)45-41(43(40)48)37-26-15-25-33(44(37)49-45)31-18-7-3-8-19-31/h2-27,29H,1,28H2/b39-29+,47-42?. The number of allylic oxidation sites excluding steroid dienone is 1. The minimum absolute atomic E-state index is 0.539. The van der Waals surface area contributed by atoms with Gasteiger partial charge in [0.05, 0.1) is 35.2 Å². The van der Waals surface area contributed by atoms with Crippen molar-refractivity contribution in [2.75, 3.05) is 0 Å². The molecule has 232 valence electrons. The quantitative estimate of drug-likeness (QED) is 0.154. The maximum Gasteiger partial charge on any atom is 0.0907 e. The molecule has 7 aromatic carbocycles. The van der Waals surface area contributed by atoms with Crippen molar-refractivity contribution in [3.8, 4) is 11.1 Å². The Hall–Kier alpha value is -6.10. The Morgan fingerprint density at radius 3 is 1.98 bits per heavy atom. The monoisotopic (exact) mass is 645 g/mol. The third-order valence-electron chi connectivity index (χ3n) is 9.36. The van der Waals surface area contributed by atoms with Gasteiger partial charge in [-0.15, -0.1) is 11.3 Å². The third-order valence-corrected chi connectivity index (χ3v) is 10.6. The summed E-state index contributed by atoms with van der Waals surface area (Å²) in [6.45, 7) is 4.51. The fraction of sp³-hybridized carbons (Fsp3) is 0.0222. The summed E-state index contributed by atoms with van der Waals surface area (Å²) in [5.74, 6) is 0. The normalized spacial score (nSPS) is 12.5. The van der Waals surface area contributed by atoms with E-state index < -0.39 is 0 Å². The maximum atomic E-state index is 5.34. The number of hydrogen-bond acceptors (Lipinski definition) is 3. The minimum atomic E-state index is 0.539. The molecule has 0 bridgehead atoms. The number of nitrogens with zero attached hydrogens (tertiary/aromatic N) is 3. The SMILES string of the molecule is C=N/C=C(\C(=NCc1ccccc1)c1ccccc1)n1c2ccccc2c2c3ccccc3c3sc4c(-c5ccccc5)cccc4c3c21. The van der Waals surface area contributed by atoms with Gasteiger partial charge < -0.3 is 4.57 Å². The zero-order chi connectivity index (χ0) is 32.7. The third kappa shape index (κ3) is 4.80. The predicted molar refractivity (Wildman–Crippen MR) is 212 cm³/mol. The van der Waals surface area contributed by atoms with Gasteiger partial charge in [0, 0.05) is 41.9 Å². The molecule has 0 radical (unpaired) electrons. The molecular formula is C45H31N3S. The average molecular weight is 646 g/mol. The van der Waals surface area contributed by atoms with Crippen molar-refractivity contribution < 1.29 is 0 Å². The number of aliphatic imine (C=N–C) groups is 2. The number of hydrogen-bond donors (Lipinski definition) is 0. The smallest absolute Gasteiger partial charge is 0.0907 e. The molecule has 0 atom stereocenters. The number of thiophene rings is 1. The molecule has 0 N–H and O–H groups in total. The van der Waals surface area contributed by atoms with Gasteiger partial charge in [0.25, 0.3) is 0 Å². The molecule has 0 unspecified atom stereocenters. The topological polar surface area (TPSA) is 29.6 Å². The number of benzene rings is 7. The molecule has 0 saturated carbocycles. The second-order valence-corrected chi connectivity index (χ2v) is 13.2. The lowest BCUT2D eigenvalue weighted by molar-refractivity contribution is 1.06. The summed E-state index contributed by atoms with van der Waals surface area (Å²) in [4.78, 5) is 9.78. The van der Waals surface area contributed by atoms with E-state index in [2.05, 4.69) is 162 Å². The molecule has 2 heterocycles. The first-order chi connectivity index (χ1) is 24.3. The van der Waals surface area contributed by atoms with Gasteiger partial charge in [-0.1, -0.05) is 152 Å². The van der Waals surface area contributed by atoms with Crippen molar-refractivity contribution in [2.45, 2.75) is 6.54 Å². The Bertz CT molecular complexity index is 2730. The van der Waals surface area contributed by atoms with E-state index in [0.29, 0.717) is 6.54 Å². The van der Waals surface area contributed by atoms with Crippen LogP contribution in [0.5, 0.6) is 0 Å². The van der Waals surface area contributed by atoms with Gasteiger partial charge in [-0.25, -0.2) is 0 Å². The van der Waals surface area contributed by atoms with Gasteiger partial charge in [-0.3, -0.25) is 9.98 Å². The van der Waals surface area contributed by atoms with Crippen LogP contribution in [-0.2, 0) is 6.54 Å². The molecule has 0 fully saturated rings. The second kappa shape index (κ2) is 12.2. The van der Waals surface area contributed by atoms with Gasteiger partial charge >= 0.3 is 0 Å². The van der Waals surface area contributed by atoms with Crippen molar-refractivity contribution in [3.63, 3.8) is 0 Å². The maximum absolute atomic E-state index is 5.34. The largest absolute Gasteiger partial charge is 0.305 e. The van der Waals surface area contributed by atoms with E-state index in [-0.39, 0.29) is 0 Å². The predicted octanol–water partition coefficient (Wildman–Crippen LogP) is 12.2. The lowest BCUT2D eigenvalue weighted by atomic mass is 9.98. The highest BCUT2D eigenvalue weighted by molar-refractivity contribution is 7.27. The second-order valence-electron chi connectivity index (χ2n) is 12.2. The number of fused-ring (bicyclic) bond motifs is 10. The number of aromatic nitrogens is 1. The minimum Gasteiger partial charge on any atom is -0.305 e. The van der Waals surface area contributed by atoms with Crippen molar-refractivity contribution in [1.82, 2.24) is 4.57 Å². The van der Waals surface area contributed by atoms with Crippen LogP contribution in [0.4, 0.5) is 0 Å². The van der Waals surface area contributed by atoms with E-state index >= 15 is 0 Å². The van der Waals surface area contributed by atoms with Crippen LogP contribution < -0.4 is 0 Å². The summed E-state index contributed by atoms with van der Waals surface area (Å²) >= 11 is 1.88. The first-order valence-corrected chi connectivity index (χ1v) is 17.3. The molecule has 2 aromatic heterocycles. The van der Waals surface area contributed by atoms with E-state index in [0.717, 1.165) is 33.6 Å². The zero-order valence-electron chi connectivity index (χ0n) is 26.8. The lowest BCUT2D eigenvalue weighted by Crippen LogP contribution is -2.11. The van der Waals surface area contributed by atoms with E-state index in [1.165, 1.54) is 52.8 Å². The van der Waals surface area contributed by atoms with Crippen LogP contribution in [0.3, 0.4) is 0 Å². The molecule has 9 rings (SSSR count). The van der Waals surface area contributed by atoms with Crippen LogP contribution in [0, 0.1) is 0 Å². The van der Waals surface area contributed by atoms with Crippen LogP contribution >= 0.6 is 11.3 Å². The summed E-state index contributed by atoms with van der Waals surface area (Å²) in [5.41, 5.74) is 8.65. The molecule has 0 amide bonds. The highest BCUT2D eigenvalue weighted by atomic mass is 32.1. The van der Waals surface area contributed by atoms with E-state index in [4.69, 9.17) is 4.99 Å². The highest BCUT2D eigenvalue weighted by Gasteiger charge is 2.25. The van der Waals surface area contributed by atoms with E-state index in [1.807, 2.05) is 29.7 Å². The number of rotatable bonds is 7. The van der Waals surface area contributed by atoms with E-state index in [9.17, 15) is 0 Å². The van der Waals surface area contributed by atoms with Crippen molar-refractivity contribution in [1.29, 1.82) is 0 Å². The summed E-state index contributed by atoms with van der Waals surface area (Å²) in [5, 5.41) is 7.42. The summed E-state index contributed by atoms with van der Waals surface area (Å²) < 4.78 is 4.96. The van der Waals surface area contributed by atoms with Crippen molar-refractivity contribution in [3.05, 3.63) is 175 Å². The zero-order valence-corrected chi connectivity index (χ0v) is 27.6. The van der Waals surface area contributed by atoms with Gasteiger partial charge in [0.1, 0.15) is 0 Å². The van der Waals surface area contributed by atoms with Gasteiger partial charge in [-0.05, 0) is 34.9 Å². The molecule has 9 aromatic rings. The molecule has 0 aliphatic heterocycles. The average Bonchev–Trinajstić information content (AvgIpc) is 3.73. The highest BCUT2D eigenvalue weighted by Crippen LogP contribution is 2.49. The summed E-state index contributed by atoms with van der Waals surface area (Å²) in [6.07, 6.45) is 1.88. The first-order valence-electron chi connectivity index (χ1n) is 16.5. The van der Waals surface area contributed by atoms with Crippen LogP contribution in [-0.4, -0.2) is 17.0 Å². The molecule has 49 heavy (non-hydrogen) atoms. The van der Waals surface area contributed by atoms with Crippen LogP contribution in [0.2, 0.25) is 0 Å². The van der Waals surface area contributed by atoms with E-state index in [1.54, 1.807) is 0 Å². The first kappa shape index (κ1) is 29.1. The van der Waals surface area contributed by atoms with Gasteiger partial charge in [0.15, 0.2) is 0 Å². The van der Waals surface area contributed by atoms with Gasteiger partial charge in [0.2, 0.25) is 0 Å². The fourth-order valence-electron chi connectivity index (χ4n) is 7.27.